The maximum Gasteiger partial charge on any atom is 0.253 e. The van der Waals surface area contributed by atoms with Crippen molar-refractivity contribution in [2.75, 3.05) is 25.5 Å². The summed E-state index contributed by atoms with van der Waals surface area (Å²) in [5, 5.41) is 6.27. The van der Waals surface area contributed by atoms with Crippen LogP contribution in [0.4, 0.5) is 5.69 Å². The topological polar surface area (TPSA) is 61.4 Å². The Morgan fingerprint density at radius 3 is 2.58 bits per heavy atom. The third-order valence-corrected chi connectivity index (χ3v) is 5.47. The van der Waals surface area contributed by atoms with Crippen LogP contribution in [0.25, 0.3) is 0 Å². The molecular weight excluding hydrogens is 350 g/mol. The number of likely N-dealkylation sites (N-methyl/N-ethyl adjacent to an activating group) is 1. The molecule has 0 radical (unpaired) electrons. The van der Waals surface area contributed by atoms with Crippen LogP contribution in [0.15, 0.2) is 24.3 Å². The summed E-state index contributed by atoms with van der Waals surface area (Å²) in [5.41, 5.74) is 1.38. The van der Waals surface area contributed by atoms with Crippen molar-refractivity contribution in [3.8, 4) is 0 Å². The van der Waals surface area contributed by atoms with Crippen LogP contribution in [0.2, 0.25) is 0 Å². The minimum Gasteiger partial charge on any atom is -0.337 e. The molecular formula is C20H30ClN3O2. The number of nitrogens with zero attached hydrogens (tertiary/aromatic N) is 1. The first-order valence-electron chi connectivity index (χ1n) is 9.55. The predicted molar refractivity (Wildman–Crippen MR) is 107 cm³/mol. The largest absolute Gasteiger partial charge is 0.337 e. The fourth-order valence-corrected chi connectivity index (χ4v) is 3.92. The zero-order chi connectivity index (χ0) is 17.6. The van der Waals surface area contributed by atoms with Crippen LogP contribution < -0.4 is 10.6 Å². The highest BCUT2D eigenvalue weighted by Crippen LogP contribution is 2.25. The van der Waals surface area contributed by atoms with Crippen molar-refractivity contribution >= 4 is 29.9 Å². The minimum absolute atomic E-state index is 0. The lowest BCUT2D eigenvalue weighted by molar-refractivity contribution is -0.120. The van der Waals surface area contributed by atoms with Crippen LogP contribution in [0, 0.1) is 5.92 Å². The average molecular weight is 380 g/mol. The van der Waals surface area contributed by atoms with Gasteiger partial charge in [0.05, 0.1) is 0 Å². The highest BCUT2D eigenvalue weighted by molar-refractivity contribution is 5.97. The first kappa shape index (κ1) is 20.7. The van der Waals surface area contributed by atoms with Crippen molar-refractivity contribution in [2.45, 2.75) is 51.0 Å². The Labute approximate surface area is 162 Å². The van der Waals surface area contributed by atoms with Gasteiger partial charge in [0.1, 0.15) is 0 Å². The summed E-state index contributed by atoms with van der Waals surface area (Å²) in [5.74, 6) is 0.262. The molecule has 0 spiro atoms. The highest BCUT2D eigenvalue weighted by Gasteiger charge is 2.24. The van der Waals surface area contributed by atoms with E-state index in [0.29, 0.717) is 11.6 Å². The number of halogens is 1. The van der Waals surface area contributed by atoms with Gasteiger partial charge in [-0.15, -0.1) is 12.4 Å². The van der Waals surface area contributed by atoms with Gasteiger partial charge in [-0.05, 0) is 50.9 Å². The minimum atomic E-state index is 0. The van der Waals surface area contributed by atoms with E-state index in [4.69, 9.17) is 0 Å². The predicted octanol–water partition coefficient (Wildman–Crippen LogP) is 3.45. The first-order valence-corrected chi connectivity index (χ1v) is 9.55. The van der Waals surface area contributed by atoms with E-state index >= 15 is 0 Å². The molecule has 1 saturated heterocycles. The van der Waals surface area contributed by atoms with Gasteiger partial charge >= 0.3 is 0 Å². The van der Waals surface area contributed by atoms with E-state index in [1.165, 1.54) is 6.42 Å². The normalized spacial score (nSPS) is 21.0. The third-order valence-electron chi connectivity index (χ3n) is 5.47. The Hall–Kier alpha value is -1.59. The lowest BCUT2D eigenvalue weighted by atomic mass is 9.88. The summed E-state index contributed by atoms with van der Waals surface area (Å²) < 4.78 is 0. The molecule has 2 N–H and O–H groups in total. The van der Waals surface area contributed by atoms with Crippen molar-refractivity contribution in [3.05, 3.63) is 29.8 Å². The molecule has 5 nitrogen and oxygen atoms in total. The SMILES string of the molecule is CNC1CCCN(C(=O)c2cccc(NC(=O)C3CCCCC3)c2)C1.Cl. The van der Waals surface area contributed by atoms with Crippen molar-refractivity contribution in [3.63, 3.8) is 0 Å². The molecule has 2 fully saturated rings. The molecule has 1 aromatic carbocycles. The summed E-state index contributed by atoms with van der Waals surface area (Å²) in [7, 11) is 1.94. The zero-order valence-corrected chi connectivity index (χ0v) is 16.3. The molecule has 1 unspecified atom stereocenters. The number of benzene rings is 1. The van der Waals surface area contributed by atoms with Crippen LogP contribution >= 0.6 is 12.4 Å². The number of likely N-dealkylation sites (tertiary alicyclic amines) is 1. The summed E-state index contributed by atoms with van der Waals surface area (Å²) in [4.78, 5) is 27.1. The Balaban J connectivity index is 0.00000243. The van der Waals surface area contributed by atoms with Gasteiger partial charge in [-0.2, -0.15) is 0 Å². The molecule has 1 atom stereocenters. The molecule has 0 bridgehead atoms. The van der Waals surface area contributed by atoms with Crippen LogP contribution in [-0.4, -0.2) is 42.9 Å². The summed E-state index contributed by atoms with van der Waals surface area (Å²) in [6.45, 7) is 1.55. The molecule has 0 aromatic heterocycles. The number of hydrogen-bond acceptors (Lipinski definition) is 3. The van der Waals surface area contributed by atoms with E-state index in [2.05, 4.69) is 10.6 Å². The Kier molecular flexibility index (Phi) is 7.91. The van der Waals surface area contributed by atoms with Gasteiger partial charge in [-0.3, -0.25) is 9.59 Å². The Morgan fingerprint density at radius 2 is 1.85 bits per heavy atom. The highest BCUT2D eigenvalue weighted by atomic mass is 35.5. The number of nitrogens with one attached hydrogen (secondary N) is 2. The molecule has 3 rings (SSSR count). The number of carbonyl (C=O) groups is 2. The number of carbonyl (C=O) groups excluding carboxylic acids is 2. The molecule has 1 aliphatic heterocycles. The van der Waals surface area contributed by atoms with Crippen molar-refractivity contribution in [2.24, 2.45) is 5.92 Å². The Bertz CT molecular complexity index is 617. The zero-order valence-electron chi connectivity index (χ0n) is 15.5. The van der Waals surface area contributed by atoms with Gasteiger partial charge in [0.2, 0.25) is 5.91 Å². The van der Waals surface area contributed by atoms with E-state index in [0.717, 1.165) is 57.3 Å². The lowest BCUT2D eigenvalue weighted by Crippen LogP contribution is -2.46. The molecule has 144 valence electrons. The molecule has 1 aromatic rings. The standard InChI is InChI=1S/C20H29N3O2.ClH/c1-21-18-11-6-12-23(14-18)20(25)16-9-5-10-17(13-16)22-19(24)15-7-3-2-4-8-15;/h5,9-10,13,15,18,21H,2-4,6-8,11-12,14H2,1H3,(H,22,24);1H. The molecule has 2 amide bonds. The van der Waals surface area contributed by atoms with Gasteiger partial charge in [0.15, 0.2) is 0 Å². The van der Waals surface area contributed by atoms with Crippen molar-refractivity contribution in [1.82, 2.24) is 10.2 Å². The molecule has 26 heavy (non-hydrogen) atoms. The smallest absolute Gasteiger partial charge is 0.253 e. The van der Waals surface area contributed by atoms with E-state index in [1.807, 2.05) is 36.2 Å². The monoisotopic (exact) mass is 379 g/mol. The fourth-order valence-electron chi connectivity index (χ4n) is 3.92. The summed E-state index contributed by atoms with van der Waals surface area (Å²) >= 11 is 0. The lowest BCUT2D eigenvalue weighted by Gasteiger charge is -2.32. The van der Waals surface area contributed by atoms with Crippen LogP contribution in [0.3, 0.4) is 0 Å². The molecule has 1 aliphatic carbocycles. The Morgan fingerprint density at radius 1 is 1.08 bits per heavy atom. The van der Waals surface area contributed by atoms with Crippen LogP contribution in [0.1, 0.15) is 55.3 Å². The average Bonchev–Trinajstić information content (AvgIpc) is 2.68. The number of amides is 2. The van der Waals surface area contributed by atoms with Gasteiger partial charge in [-0.25, -0.2) is 0 Å². The number of piperidine rings is 1. The van der Waals surface area contributed by atoms with E-state index < -0.39 is 0 Å². The van der Waals surface area contributed by atoms with E-state index in [-0.39, 0.29) is 30.1 Å². The van der Waals surface area contributed by atoms with Crippen molar-refractivity contribution < 1.29 is 9.59 Å². The molecule has 6 heteroatoms. The molecule has 2 aliphatic rings. The number of rotatable bonds is 4. The summed E-state index contributed by atoms with van der Waals surface area (Å²) in [6.07, 6.45) is 7.59. The van der Waals surface area contributed by atoms with Gasteiger partial charge in [-0.1, -0.05) is 25.3 Å². The van der Waals surface area contributed by atoms with E-state index in [9.17, 15) is 9.59 Å². The molecule has 1 saturated carbocycles. The second kappa shape index (κ2) is 9.93. The van der Waals surface area contributed by atoms with E-state index in [1.54, 1.807) is 0 Å². The van der Waals surface area contributed by atoms with Crippen molar-refractivity contribution in [1.29, 1.82) is 0 Å². The maximum atomic E-state index is 12.8. The van der Waals surface area contributed by atoms with Gasteiger partial charge < -0.3 is 15.5 Å². The summed E-state index contributed by atoms with van der Waals surface area (Å²) in [6, 6.07) is 7.73. The fraction of sp³-hybridized carbons (Fsp3) is 0.600. The van der Waals surface area contributed by atoms with Crippen LogP contribution in [-0.2, 0) is 4.79 Å². The van der Waals surface area contributed by atoms with Gasteiger partial charge in [0, 0.05) is 36.3 Å². The first-order chi connectivity index (χ1) is 12.2. The second-order valence-corrected chi connectivity index (χ2v) is 7.28. The van der Waals surface area contributed by atoms with Crippen LogP contribution in [0.5, 0.6) is 0 Å². The number of anilines is 1. The number of hydrogen-bond donors (Lipinski definition) is 2. The maximum absolute atomic E-state index is 12.8. The second-order valence-electron chi connectivity index (χ2n) is 7.28. The molecule has 1 heterocycles. The van der Waals surface area contributed by atoms with Gasteiger partial charge in [0.25, 0.3) is 5.91 Å². The third kappa shape index (κ3) is 5.21. The quantitative estimate of drug-likeness (QED) is 0.842.